The highest BCUT2D eigenvalue weighted by Crippen LogP contribution is 2.30. The average molecular weight is 254 g/mol. The lowest BCUT2D eigenvalue weighted by molar-refractivity contribution is -0.138. The molecule has 0 aromatic carbocycles. The largest absolute Gasteiger partial charge is 0.480 e. The maximum absolute atomic E-state index is 10.9. The molecule has 0 rings (SSSR count). The highest BCUT2D eigenvalue weighted by molar-refractivity contribution is 7.87. The summed E-state index contributed by atoms with van der Waals surface area (Å²) in [5.74, 6) is -1.59. The normalized spacial score (nSPS) is 16.2. The van der Waals surface area contributed by atoms with Crippen LogP contribution in [0, 0.1) is 5.41 Å². The summed E-state index contributed by atoms with van der Waals surface area (Å²) in [5.41, 5.74) is -1.23. The second-order valence-corrected chi connectivity index (χ2v) is 6.05. The Morgan fingerprint density at radius 2 is 1.87 bits per heavy atom. The van der Waals surface area contributed by atoms with Gasteiger partial charge in [0, 0.05) is 5.41 Å². The first kappa shape index (κ1) is 14.5. The molecule has 0 heterocycles. The third kappa shape index (κ3) is 4.23. The molecule has 0 fully saturated rings. The highest BCUT2D eigenvalue weighted by Gasteiger charge is 2.43. The Balaban J connectivity index is 5.48. The predicted molar refractivity (Wildman–Crippen MR) is 59.5 cm³/mol. The average Bonchev–Trinajstić information content (AvgIpc) is 1.74. The van der Waals surface area contributed by atoms with E-state index in [2.05, 4.69) is 12.6 Å². The van der Waals surface area contributed by atoms with Crippen LogP contribution >= 0.6 is 12.6 Å². The van der Waals surface area contributed by atoms with Crippen LogP contribution in [-0.4, -0.2) is 29.3 Å². The lowest BCUT2D eigenvalue weighted by atomic mass is 9.88. The zero-order valence-corrected chi connectivity index (χ0v) is 10.3. The smallest absolute Gasteiger partial charge is 0.325 e. The summed E-state index contributed by atoms with van der Waals surface area (Å²) in [4.78, 5) is 11.3. The molecule has 0 saturated heterocycles. The highest BCUT2D eigenvalue weighted by atomic mass is 32.2. The molecular weight excluding hydrogens is 240 g/mol. The van der Waals surface area contributed by atoms with E-state index < -0.39 is 26.8 Å². The van der Waals surface area contributed by atoms with Crippen LogP contribution in [0.1, 0.15) is 20.8 Å². The maximum Gasteiger partial charge on any atom is 0.325 e. The van der Waals surface area contributed by atoms with Gasteiger partial charge in [0.1, 0.15) is 0 Å². The summed E-state index contributed by atoms with van der Waals surface area (Å²) in [5, 5.41) is 6.87. The first-order valence-corrected chi connectivity index (χ1v) is 6.01. The van der Waals surface area contributed by atoms with Gasteiger partial charge in [0.25, 0.3) is 10.1 Å². The summed E-state index contributed by atoms with van der Waals surface area (Å²) in [6, 6.07) is 0. The summed E-state index contributed by atoms with van der Waals surface area (Å²) >= 11 is 3.94. The Morgan fingerprint density at radius 1 is 1.47 bits per heavy atom. The van der Waals surface area contributed by atoms with E-state index in [-0.39, 0.29) is 0 Å². The van der Waals surface area contributed by atoms with Crippen LogP contribution in [0.15, 0.2) is 11.0 Å². The Labute approximate surface area is 94.3 Å². The summed E-state index contributed by atoms with van der Waals surface area (Å²) in [6.45, 7) is 4.40. The molecule has 0 aliphatic rings. The van der Waals surface area contributed by atoms with Crippen molar-refractivity contribution >= 4 is 28.7 Å². The lowest BCUT2D eigenvalue weighted by Gasteiger charge is -2.26. The lowest BCUT2D eigenvalue weighted by Crippen LogP contribution is -2.41. The van der Waals surface area contributed by atoms with Gasteiger partial charge in [-0.2, -0.15) is 8.42 Å². The Bertz CT molecular complexity index is 376. The molecule has 2 N–H and O–H groups in total. The Kier molecular flexibility index (Phi) is 4.38. The fraction of sp³-hybridized carbons (Fsp3) is 0.625. The standard InChI is InChI=1S/C8H14O5S2/c1-5(14)4-8(2,3)6(7(9)10)15(11,12)13/h4,6,14H,1-3H3,(H,9,10)(H,11,12,13)/b5-4+. The monoisotopic (exact) mass is 254 g/mol. The van der Waals surface area contributed by atoms with Gasteiger partial charge < -0.3 is 5.11 Å². The van der Waals surface area contributed by atoms with Gasteiger partial charge in [-0.25, -0.2) is 0 Å². The van der Waals surface area contributed by atoms with Crippen molar-refractivity contribution in [2.24, 2.45) is 5.41 Å². The van der Waals surface area contributed by atoms with Crippen molar-refractivity contribution in [1.82, 2.24) is 0 Å². The first-order valence-electron chi connectivity index (χ1n) is 4.06. The van der Waals surface area contributed by atoms with Crippen LogP contribution < -0.4 is 0 Å². The first-order chi connectivity index (χ1) is 6.48. The number of allylic oxidation sites excluding steroid dienone is 2. The van der Waals surface area contributed by atoms with Crippen molar-refractivity contribution < 1.29 is 22.9 Å². The second-order valence-electron chi connectivity index (χ2n) is 3.84. The Morgan fingerprint density at radius 3 is 2.07 bits per heavy atom. The van der Waals surface area contributed by atoms with Gasteiger partial charge in [0.2, 0.25) is 0 Å². The van der Waals surface area contributed by atoms with Gasteiger partial charge in [-0.15, -0.1) is 12.6 Å². The maximum atomic E-state index is 10.9. The molecule has 0 bridgehead atoms. The van der Waals surface area contributed by atoms with Crippen molar-refractivity contribution in [2.45, 2.75) is 26.0 Å². The molecule has 0 aromatic heterocycles. The summed E-state index contributed by atoms with van der Waals surface area (Å²) in [6.07, 6.45) is 1.38. The van der Waals surface area contributed by atoms with E-state index in [1.807, 2.05) is 0 Å². The van der Waals surface area contributed by atoms with Crippen molar-refractivity contribution in [1.29, 1.82) is 0 Å². The molecule has 1 atom stereocenters. The van der Waals surface area contributed by atoms with Crippen LogP contribution in [0.5, 0.6) is 0 Å². The molecule has 0 amide bonds. The molecule has 0 radical (unpaired) electrons. The van der Waals surface area contributed by atoms with Crippen LogP contribution in [0.4, 0.5) is 0 Å². The van der Waals surface area contributed by atoms with E-state index in [0.717, 1.165) is 0 Å². The minimum atomic E-state index is -4.65. The van der Waals surface area contributed by atoms with E-state index in [4.69, 9.17) is 9.66 Å². The van der Waals surface area contributed by atoms with Crippen LogP contribution in [0.2, 0.25) is 0 Å². The number of carboxylic acids is 1. The third-order valence-corrected chi connectivity index (χ3v) is 3.31. The van der Waals surface area contributed by atoms with Crippen LogP contribution in [0.3, 0.4) is 0 Å². The van der Waals surface area contributed by atoms with E-state index in [9.17, 15) is 13.2 Å². The molecule has 0 aliphatic heterocycles. The molecule has 0 saturated carbocycles. The number of aliphatic carboxylic acids is 1. The molecule has 7 heteroatoms. The van der Waals surface area contributed by atoms with Crippen LogP contribution in [0.25, 0.3) is 0 Å². The SMILES string of the molecule is C/C(S)=C\C(C)(C)C(C(=O)O)S(=O)(=O)O. The van der Waals surface area contributed by atoms with E-state index >= 15 is 0 Å². The van der Waals surface area contributed by atoms with Crippen molar-refractivity contribution in [3.8, 4) is 0 Å². The molecule has 5 nitrogen and oxygen atoms in total. The summed E-state index contributed by atoms with van der Waals surface area (Å²) in [7, 11) is -4.65. The fourth-order valence-corrected chi connectivity index (χ4v) is 2.87. The predicted octanol–water partition coefficient (Wildman–Crippen LogP) is 1.19. The van der Waals surface area contributed by atoms with E-state index in [0.29, 0.717) is 4.91 Å². The molecule has 15 heavy (non-hydrogen) atoms. The van der Waals surface area contributed by atoms with Gasteiger partial charge >= 0.3 is 5.97 Å². The zero-order valence-electron chi connectivity index (χ0n) is 8.63. The molecule has 0 spiro atoms. The number of thiol groups is 1. The van der Waals surface area contributed by atoms with Crippen molar-refractivity contribution in [3.63, 3.8) is 0 Å². The van der Waals surface area contributed by atoms with Gasteiger partial charge in [0.05, 0.1) is 0 Å². The van der Waals surface area contributed by atoms with E-state index in [1.54, 1.807) is 6.92 Å². The molecule has 0 aromatic rings. The number of carbonyl (C=O) groups is 1. The topological polar surface area (TPSA) is 91.7 Å². The number of rotatable bonds is 4. The van der Waals surface area contributed by atoms with Crippen LogP contribution in [-0.2, 0) is 14.9 Å². The van der Waals surface area contributed by atoms with Gasteiger partial charge in [0.15, 0.2) is 5.25 Å². The zero-order chi connectivity index (χ0) is 12.4. The molecule has 88 valence electrons. The quantitative estimate of drug-likeness (QED) is 0.517. The molecular formula is C8H14O5S2. The Hall–Kier alpha value is -0.530. The minimum Gasteiger partial charge on any atom is -0.480 e. The summed E-state index contributed by atoms with van der Waals surface area (Å²) < 4.78 is 30.7. The van der Waals surface area contributed by atoms with E-state index in [1.165, 1.54) is 19.9 Å². The van der Waals surface area contributed by atoms with Gasteiger partial charge in [-0.1, -0.05) is 19.9 Å². The van der Waals surface area contributed by atoms with Crippen molar-refractivity contribution in [2.75, 3.05) is 0 Å². The second kappa shape index (κ2) is 4.54. The molecule has 1 unspecified atom stereocenters. The number of hydrogen-bond acceptors (Lipinski definition) is 4. The third-order valence-electron chi connectivity index (χ3n) is 1.78. The molecule has 0 aliphatic carbocycles. The minimum absolute atomic E-state index is 0.481. The van der Waals surface area contributed by atoms with Crippen molar-refractivity contribution in [3.05, 3.63) is 11.0 Å². The number of hydrogen-bond donors (Lipinski definition) is 3. The fourth-order valence-electron chi connectivity index (χ4n) is 1.44. The van der Waals surface area contributed by atoms with Gasteiger partial charge in [-0.3, -0.25) is 9.35 Å². The van der Waals surface area contributed by atoms with Gasteiger partial charge in [-0.05, 0) is 11.8 Å². The number of carboxylic acid groups (broad SMARTS) is 1.